The molecule has 0 radical (unpaired) electrons. The van der Waals surface area contributed by atoms with Gasteiger partial charge in [-0.15, -0.1) is 0 Å². The summed E-state index contributed by atoms with van der Waals surface area (Å²) in [7, 11) is 0. The van der Waals surface area contributed by atoms with Gasteiger partial charge in [0.25, 0.3) is 0 Å². The number of carbonyl (C=O) groups excluding carboxylic acids is 1. The van der Waals surface area contributed by atoms with Crippen LogP contribution < -0.4 is 5.32 Å². The van der Waals surface area contributed by atoms with Gasteiger partial charge < -0.3 is 10.2 Å². The minimum Gasteiger partial charge on any atom is -0.341 e. The summed E-state index contributed by atoms with van der Waals surface area (Å²) >= 11 is 0. The van der Waals surface area contributed by atoms with E-state index >= 15 is 0 Å². The topological polar surface area (TPSA) is 35.6 Å². The Bertz CT molecular complexity index is 354. The van der Waals surface area contributed by atoms with E-state index in [1.807, 2.05) is 0 Å². The Morgan fingerprint density at radius 3 is 2.62 bits per heavy atom. The van der Waals surface area contributed by atoms with Crippen LogP contribution in [-0.2, 0) is 4.79 Å². The van der Waals surface area contributed by atoms with Crippen molar-refractivity contribution in [1.29, 1.82) is 0 Å². The van der Waals surface area contributed by atoms with Gasteiger partial charge in [-0.1, -0.05) is 13.3 Å². The first-order valence-electron chi connectivity index (χ1n) is 9.05. The second kappa shape index (κ2) is 7.10. The molecule has 4 heteroatoms. The van der Waals surface area contributed by atoms with E-state index in [4.69, 9.17) is 0 Å². The van der Waals surface area contributed by atoms with Crippen molar-refractivity contribution in [3.63, 3.8) is 0 Å². The molecule has 0 saturated carbocycles. The lowest BCUT2D eigenvalue weighted by atomic mass is 9.95. The quantitative estimate of drug-likeness (QED) is 0.862. The van der Waals surface area contributed by atoms with Crippen LogP contribution in [-0.4, -0.2) is 60.5 Å². The maximum Gasteiger partial charge on any atom is 0.239 e. The number of nitrogens with one attached hydrogen (secondary N) is 1. The van der Waals surface area contributed by atoms with Crippen molar-refractivity contribution in [3.8, 4) is 0 Å². The molecule has 0 aliphatic carbocycles. The molecule has 0 spiro atoms. The fraction of sp³-hybridized carbons (Fsp3) is 0.941. The lowest BCUT2D eigenvalue weighted by Gasteiger charge is -2.39. The summed E-state index contributed by atoms with van der Waals surface area (Å²) < 4.78 is 0. The van der Waals surface area contributed by atoms with Crippen LogP contribution in [0.5, 0.6) is 0 Å². The number of rotatable bonds is 3. The van der Waals surface area contributed by atoms with E-state index in [1.165, 1.54) is 38.5 Å². The molecule has 3 aliphatic rings. The molecular formula is C17H31N3O. The van der Waals surface area contributed by atoms with Gasteiger partial charge in [0.15, 0.2) is 0 Å². The first-order chi connectivity index (χ1) is 10.3. The van der Waals surface area contributed by atoms with Crippen LogP contribution in [0.25, 0.3) is 0 Å². The summed E-state index contributed by atoms with van der Waals surface area (Å²) in [5, 5.41) is 3.44. The maximum absolute atomic E-state index is 13.0. The van der Waals surface area contributed by atoms with E-state index in [2.05, 4.69) is 22.0 Å². The average Bonchev–Trinajstić information content (AvgIpc) is 3.04. The van der Waals surface area contributed by atoms with Gasteiger partial charge in [-0.2, -0.15) is 0 Å². The number of piperidine rings is 2. The minimum atomic E-state index is 0.184. The zero-order valence-corrected chi connectivity index (χ0v) is 13.5. The molecule has 120 valence electrons. The summed E-state index contributed by atoms with van der Waals surface area (Å²) in [5.74, 6) is 1.17. The molecule has 0 aromatic carbocycles. The normalized spacial score (nSPS) is 32.5. The predicted molar refractivity (Wildman–Crippen MR) is 85.2 cm³/mol. The molecule has 2 atom stereocenters. The summed E-state index contributed by atoms with van der Waals surface area (Å²) in [5.41, 5.74) is 0. The first kappa shape index (κ1) is 15.3. The molecule has 0 bridgehead atoms. The highest BCUT2D eigenvalue weighted by molar-refractivity contribution is 5.82. The van der Waals surface area contributed by atoms with Crippen LogP contribution in [0.2, 0.25) is 0 Å². The summed E-state index contributed by atoms with van der Waals surface area (Å²) in [4.78, 5) is 17.7. The molecule has 1 amide bonds. The average molecular weight is 293 g/mol. The Labute approximate surface area is 129 Å². The Morgan fingerprint density at radius 1 is 1.10 bits per heavy atom. The van der Waals surface area contributed by atoms with E-state index < -0.39 is 0 Å². The maximum atomic E-state index is 13.0. The lowest BCUT2D eigenvalue weighted by Crippen LogP contribution is -2.53. The highest BCUT2D eigenvalue weighted by atomic mass is 16.2. The lowest BCUT2D eigenvalue weighted by molar-refractivity contribution is -0.138. The highest BCUT2D eigenvalue weighted by Crippen LogP contribution is 2.28. The molecule has 3 heterocycles. The van der Waals surface area contributed by atoms with E-state index in [0.717, 1.165) is 45.1 Å². The van der Waals surface area contributed by atoms with Crippen molar-refractivity contribution in [1.82, 2.24) is 15.1 Å². The van der Waals surface area contributed by atoms with Crippen molar-refractivity contribution >= 4 is 5.91 Å². The smallest absolute Gasteiger partial charge is 0.239 e. The van der Waals surface area contributed by atoms with Gasteiger partial charge in [0.05, 0.1) is 6.04 Å². The van der Waals surface area contributed by atoms with Gasteiger partial charge >= 0.3 is 0 Å². The van der Waals surface area contributed by atoms with Crippen LogP contribution in [0.4, 0.5) is 0 Å². The van der Waals surface area contributed by atoms with Gasteiger partial charge in [-0.25, -0.2) is 0 Å². The number of carbonyl (C=O) groups is 1. The first-order valence-corrected chi connectivity index (χ1v) is 9.05. The van der Waals surface area contributed by atoms with Crippen molar-refractivity contribution in [2.75, 3.05) is 32.7 Å². The number of likely N-dealkylation sites (tertiary alicyclic amines) is 2. The number of nitrogens with zero attached hydrogens (tertiary/aromatic N) is 2. The van der Waals surface area contributed by atoms with Gasteiger partial charge in [-0.3, -0.25) is 9.69 Å². The third-order valence-electron chi connectivity index (χ3n) is 5.76. The third kappa shape index (κ3) is 3.42. The van der Waals surface area contributed by atoms with Crippen LogP contribution in [0.3, 0.4) is 0 Å². The molecule has 4 nitrogen and oxygen atoms in total. The molecule has 3 fully saturated rings. The van der Waals surface area contributed by atoms with Gasteiger partial charge in [0, 0.05) is 19.1 Å². The van der Waals surface area contributed by atoms with Crippen LogP contribution >= 0.6 is 0 Å². The monoisotopic (exact) mass is 293 g/mol. The summed E-state index contributed by atoms with van der Waals surface area (Å²) in [6, 6.07) is 0.818. The zero-order chi connectivity index (χ0) is 14.7. The van der Waals surface area contributed by atoms with Crippen molar-refractivity contribution in [2.24, 2.45) is 5.92 Å². The van der Waals surface area contributed by atoms with Crippen molar-refractivity contribution in [2.45, 2.75) is 64.0 Å². The zero-order valence-electron chi connectivity index (χ0n) is 13.5. The number of hydrogen-bond acceptors (Lipinski definition) is 3. The Hall–Kier alpha value is -0.610. The second-order valence-electron chi connectivity index (χ2n) is 7.08. The van der Waals surface area contributed by atoms with E-state index in [1.54, 1.807) is 0 Å². The molecule has 1 N–H and O–H groups in total. The predicted octanol–water partition coefficient (Wildman–Crippen LogP) is 1.85. The summed E-state index contributed by atoms with van der Waals surface area (Å²) in [6.45, 7) is 7.62. The SMILES string of the molecule is CCC1CCCN(C(=O)C2CCCN2C2CCNCC2)C1. The van der Waals surface area contributed by atoms with Crippen molar-refractivity contribution in [3.05, 3.63) is 0 Å². The van der Waals surface area contributed by atoms with Crippen LogP contribution in [0.15, 0.2) is 0 Å². The number of amides is 1. The van der Waals surface area contributed by atoms with Gasteiger partial charge in [0.2, 0.25) is 5.91 Å². The largest absolute Gasteiger partial charge is 0.341 e. The van der Waals surface area contributed by atoms with E-state index in [0.29, 0.717) is 11.9 Å². The second-order valence-corrected chi connectivity index (χ2v) is 7.08. The molecule has 2 unspecified atom stereocenters. The standard InChI is InChI=1S/C17H31N3O/c1-2-14-5-3-11-19(13-14)17(21)16-6-4-12-20(16)15-7-9-18-10-8-15/h14-16,18H,2-13H2,1H3. The van der Waals surface area contributed by atoms with Crippen LogP contribution in [0, 0.1) is 5.92 Å². The molecule has 0 aromatic heterocycles. The molecule has 21 heavy (non-hydrogen) atoms. The highest BCUT2D eigenvalue weighted by Gasteiger charge is 2.38. The van der Waals surface area contributed by atoms with Gasteiger partial charge in [-0.05, 0) is 64.1 Å². The Balaban J connectivity index is 1.62. The fourth-order valence-corrected chi connectivity index (χ4v) is 4.44. The van der Waals surface area contributed by atoms with Gasteiger partial charge in [0.1, 0.15) is 0 Å². The molecule has 3 saturated heterocycles. The minimum absolute atomic E-state index is 0.184. The Morgan fingerprint density at radius 2 is 1.86 bits per heavy atom. The van der Waals surface area contributed by atoms with E-state index in [-0.39, 0.29) is 6.04 Å². The molecule has 3 rings (SSSR count). The number of hydrogen-bond donors (Lipinski definition) is 1. The molecular weight excluding hydrogens is 262 g/mol. The molecule has 0 aromatic rings. The Kier molecular flexibility index (Phi) is 5.17. The third-order valence-corrected chi connectivity index (χ3v) is 5.76. The molecule has 3 aliphatic heterocycles. The fourth-order valence-electron chi connectivity index (χ4n) is 4.44. The van der Waals surface area contributed by atoms with Crippen molar-refractivity contribution < 1.29 is 4.79 Å². The van der Waals surface area contributed by atoms with E-state index in [9.17, 15) is 4.79 Å². The summed E-state index contributed by atoms with van der Waals surface area (Å²) in [6.07, 6.45) is 8.42. The van der Waals surface area contributed by atoms with Crippen LogP contribution in [0.1, 0.15) is 51.9 Å².